The van der Waals surface area contributed by atoms with E-state index in [2.05, 4.69) is 0 Å². The lowest BCUT2D eigenvalue weighted by molar-refractivity contribution is 0.0697. The number of carboxylic acid groups (broad SMARTS) is 1. The van der Waals surface area contributed by atoms with Crippen molar-refractivity contribution in [3.8, 4) is 11.1 Å². The van der Waals surface area contributed by atoms with Crippen LogP contribution < -0.4 is 0 Å². The standard InChI is InChI=1S/C13H9ClO4S/c14-19(17,18)10-6-7-11(12(8-10)13(15)16)9-4-2-1-3-5-9/h1-8H,(H,15,16). The molecule has 0 amide bonds. The van der Waals surface area contributed by atoms with Gasteiger partial charge < -0.3 is 5.11 Å². The molecule has 0 aromatic heterocycles. The Morgan fingerprint density at radius 3 is 2.21 bits per heavy atom. The highest BCUT2D eigenvalue weighted by molar-refractivity contribution is 8.13. The first-order valence-electron chi connectivity index (χ1n) is 5.27. The molecule has 0 saturated heterocycles. The van der Waals surface area contributed by atoms with E-state index in [-0.39, 0.29) is 10.5 Å². The fourth-order valence-corrected chi connectivity index (χ4v) is 2.50. The summed E-state index contributed by atoms with van der Waals surface area (Å²) in [5, 5.41) is 9.18. The van der Waals surface area contributed by atoms with E-state index in [9.17, 15) is 18.3 Å². The van der Waals surface area contributed by atoms with Crippen molar-refractivity contribution in [3.63, 3.8) is 0 Å². The molecule has 6 heteroatoms. The van der Waals surface area contributed by atoms with Gasteiger partial charge in [0.05, 0.1) is 10.5 Å². The van der Waals surface area contributed by atoms with Crippen molar-refractivity contribution in [1.82, 2.24) is 0 Å². The number of rotatable bonds is 3. The summed E-state index contributed by atoms with van der Waals surface area (Å²) in [5.74, 6) is -1.21. The van der Waals surface area contributed by atoms with Crippen LogP contribution in [-0.4, -0.2) is 19.5 Å². The minimum absolute atomic E-state index is 0.104. The van der Waals surface area contributed by atoms with Gasteiger partial charge >= 0.3 is 5.97 Å². The molecule has 0 aliphatic carbocycles. The van der Waals surface area contributed by atoms with Crippen molar-refractivity contribution in [1.29, 1.82) is 0 Å². The van der Waals surface area contributed by atoms with Crippen LogP contribution in [0.15, 0.2) is 53.4 Å². The molecule has 0 aliphatic rings. The molecule has 0 radical (unpaired) electrons. The van der Waals surface area contributed by atoms with E-state index in [1.807, 2.05) is 6.07 Å². The Balaban J connectivity index is 2.67. The van der Waals surface area contributed by atoms with E-state index >= 15 is 0 Å². The van der Waals surface area contributed by atoms with E-state index in [1.54, 1.807) is 24.3 Å². The van der Waals surface area contributed by atoms with Gasteiger partial charge in [0.2, 0.25) is 0 Å². The molecule has 2 aromatic carbocycles. The zero-order valence-electron chi connectivity index (χ0n) is 9.58. The molecule has 0 fully saturated rings. The van der Waals surface area contributed by atoms with Crippen molar-refractivity contribution in [2.24, 2.45) is 0 Å². The van der Waals surface area contributed by atoms with Crippen molar-refractivity contribution >= 4 is 25.7 Å². The second-order valence-electron chi connectivity index (χ2n) is 3.82. The Morgan fingerprint density at radius 1 is 1.05 bits per heavy atom. The zero-order chi connectivity index (χ0) is 14.0. The molecule has 1 N–H and O–H groups in total. The van der Waals surface area contributed by atoms with Gasteiger partial charge in [0.1, 0.15) is 0 Å². The molecule has 0 spiro atoms. The molecule has 98 valence electrons. The third-order valence-electron chi connectivity index (χ3n) is 2.59. The molecular formula is C13H9ClO4S. The van der Waals surface area contributed by atoms with Gasteiger partial charge in [0, 0.05) is 10.7 Å². The fourth-order valence-electron chi connectivity index (χ4n) is 1.72. The number of hydrogen-bond donors (Lipinski definition) is 1. The molecule has 0 aliphatic heterocycles. The lowest BCUT2D eigenvalue weighted by atomic mass is 10.00. The van der Waals surface area contributed by atoms with Crippen LogP contribution in [0.2, 0.25) is 0 Å². The van der Waals surface area contributed by atoms with Crippen molar-refractivity contribution in [2.75, 3.05) is 0 Å². The summed E-state index contributed by atoms with van der Waals surface area (Å²) in [4.78, 5) is 11.0. The first-order valence-corrected chi connectivity index (χ1v) is 7.58. The second-order valence-corrected chi connectivity index (χ2v) is 6.38. The first-order chi connectivity index (χ1) is 8.89. The normalized spacial score (nSPS) is 11.2. The molecule has 0 heterocycles. The minimum Gasteiger partial charge on any atom is -0.478 e. The molecule has 0 saturated carbocycles. The number of benzene rings is 2. The third kappa shape index (κ3) is 2.94. The summed E-state index contributed by atoms with van der Waals surface area (Å²) in [6, 6.07) is 12.6. The smallest absolute Gasteiger partial charge is 0.336 e. The first kappa shape index (κ1) is 13.6. The van der Waals surface area contributed by atoms with Crippen molar-refractivity contribution in [2.45, 2.75) is 4.90 Å². The molecule has 0 bridgehead atoms. The van der Waals surface area contributed by atoms with Crippen LogP contribution in [0.3, 0.4) is 0 Å². The van der Waals surface area contributed by atoms with Gasteiger partial charge in [-0.1, -0.05) is 36.4 Å². The number of halogens is 1. The Kier molecular flexibility index (Phi) is 3.59. The Bertz CT molecular complexity index is 724. The number of aromatic carboxylic acids is 1. The molecule has 2 aromatic rings. The quantitative estimate of drug-likeness (QED) is 0.884. The summed E-state index contributed by atoms with van der Waals surface area (Å²) in [6.07, 6.45) is 0. The fraction of sp³-hybridized carbons (Fsp3) is 0. The summed E-state index contributed by atoms with van der Waals surface area (Å²) in [6.45, 7) is 0. The summed E-state index contributed by atoms with van der Waals surface area (Å²) in [7, 11) is 1.26. The van der Waals surface area contributed by atoms with E-state index in [1.165, 1.54) is 12.1 Å². The maximum absolute atomic E-state index is 11.2. The summed E-state index contributed by atoms with van der Waals surface area (Å²) in [5.41, 5.74) is 1.03. The molecule has 0 unspecified atom stereocenters. The number of hydrogen-bond acceptors (Lipinski definition) is 3. The van der Waals surface area contributed by atoms with Crippen LogP contribution >= 0.6 is 10.7 Å². The van der Waals surface area contributed by atoms with Crippen molar-refractivity contribution in [3.05, 3.63) is 54.1 Å². The van der Waals surface area contributed by atoms with Crippen LogP contribution in [0, 0.1) is 0 Å². The van der Waals surface area contributed by atoms with Crippen molar-refractivity contribution < 1.29 is 18.3 Å². The predicted octanol–water partition coefficient (Wildman–Crippen LogP) is 2.98. The van der Waals surface area contributed by atoms with Gasteiger partial charge in [-0.3, -0.25) is 0 Å². The van der Waals surface area contributed by atoms with Gasteiger partial charge in [-0.25, -0.2) is 13.2 Å². The molecular weight excluding hydrogens is 288 g/mol. The molecule has 0 atom stereocenters. The number of carbonyl (C=O) groups is 1. The molecule has 19 heavy (non-hydrogen) atoms. The summed E-state index contributed by atoms with van der Waals surface area (Å²) < 4.78 is 22.5. The maximum Gasteiger partial charge on any atom is 0.336 e. The van der Waals surface area contributed by atoms with Gasteiger partial charge in [0.25, 0.3) is 9.05 Å². The second kappa shape index (κ2) is 5.03. The van der Waals surface area contributed by atoms with Crippen LogP contribution in [-0.2, 0) is 9.05 Å². The third-order valence-corrected chi connectivity index (χ3v) is 3.94. The largest absolute Gasteiger partial charge is 0.478 e. The van der Waals surface area contributed by atoms with Crippen LogP contribution in [0.4, 0.5) is 0 Å². The van der Waals surface area contributed by atoms with E-state index < -0.39 is 15.0 Å². The Labute approximate surface area is 114 Å². The van der Waals surface area contributed by atoms with Gasteiger partial charge in [-0.15, -0.1) is 0 Å². The highest BCUT2D eigenvalue weighted by Gasteiger charge is 2.17. The van der Waals surface area contributed by atoms with Gasteiger partial charge in [-0.2, -0.15) is 0 Å². The average Bonchev–Trinajstić information content (AvgIpc) is 2.38. The zero-order valence-corrected chi connectivity index (χ0v) is 11.1. The molecule has 4 nitrogen and oxygen atoms in total. The monoisotopic (exact) mass is 296 g/mol. The molecule has 2 rings (SSSR count). The van der Waals surface area contributed by atoms with Crippen LogP contribution in [0.1, 0.15) is 10.4 Å². The Hall–Kier alpha value is -1.85. The average molecular weight is 297 g/mol. The van der Waals surface area contributed by atoms with Crippen LogP contribution in [0.5, 0.6) is 0 Å². The van der Waals surface area contributed by atoms with E-state index in [4.69, 9.17) is 10.7 Å². The maximum atomic E-state index is 11.2. The number of carboxylic acids is 1. The highest BCUT2D eigenvalue weighted by Crippen LogP contribution is 2.27. The van der Waals surface area contributed by atoms with E-state index in [0.717, 1.165) is 6.07 Å². The lowest BCUT2D eigenvalue weighted by Gasteiger charge is -2.07. The van der Waals surface area contributed by atoms with Gasteiger partial charge in [-0.05, 0) is 23.3 Å². The Morgan fingerprint density at radius 2 is 1.68 bits per heavy atom. The SMILES string of the molecule is O=C(O)c1cc(S(=O)(=O)Cl)ccc1-c1ccccc1. The van der Waals surface area contributed by atoms with E-state index in [0.29, 0.717) is 11.1 Å². The lowest BCUT2D eigenvalue weighted by Crippen LogP contribution is -2.02. The van der Waals surface area contributed by atoms with Gasteiger partial charge in [0.15, 0.2) is 0 Å². The predicted molar refractivity (Wildman–Crippen MR) is 71.9 cm³/mol. The topological polar surface area (TPSA) is 71.4 Å². The minimum atomic E-state index is -3.95. The summed E-state index contributed by atoms with van der Waals surface area (Å²) >= 11 is 0. The highest BCUT2D eigenvalue weighted by atomic mass is 35.7. The van der Waals surface area contributed by atoms with Crippen LogP contribution in [0.25, 0.3) is 11.1 Å².